The lowest BCUT2D eigenvalue weighted by molar-refractivity contribution is -0.139. The van der Waals surface area contributed by atoms with Gasteiger partial charge in [-0.2, -0.15) is 5.10 Å². The number of ether oxygens (including phenoxy) is 2. The van der Waals surface area contributed by atoms with E-state index in [9.17, 15) is 4.79 Å². The first-order valence-electron chi connectivity index (χ1n) is 7.83. The highest BCUT2D eigenvalue weighted by molar-refractivity contribution is 6.30. The van der Waals surface area contributed by atoms with Crippen molar-refractivity contribution in [1.29, 1.82) is 0 Å². The first-order valence-corrected chi connectivity index (χ1v) is 8.21. The van der Waals surface area contributed by atoms with Crippen LogP contribution in [0.2, 0.25) is 5.02 Å². The molecule has 0 saturated heterocycles. The van der Waals surface area contributed by atoms with Gasteiger partial charge in [0.05, 0.1) is 30.5 Å². The van der Waals surface area contributed by atoms with Gasteiger partial charge in [0, 0.05) is 16.7 Å². The highest BCUT2D eigenvalue weighted by Crippen LogP contribution is 2.35. The number of anilines is 1. The number of rotatable bonds is 4. The van der Waals surface area contributed by atoms with Crippen LogP contribution >= 0.6 is 11.6 Å². The second-order valence-corrected chi connectivity index (χ2v) is 6.33. The molecule has 1 N–H and O–H groups in total. The molecule has 0 amide bonds. The summed E-state index contributed by atoms with van der Waals surface area (Å²) in [6, 6.07) is 12.9. The van der Waals surface area contributed by atoms with E-state index in [4.69, 9.17) is 31.3 Å². The second kappa shape index (κ2) is 6.29. The molecule has 0 bridgehead atoms. The zero-order valence-corrected chi connectivity index (χ0v) is 13.9. The number of hydrazone groups is 1. The van der Waals surface area contributed by atoms with Gasteiger partial charge < -0.3 is 14.6 Å². The maximum Gasteiger partial charge on any atom is 0.341 e. The van der Waals surface area contributed by atoms with Crippen LogP contribution in [0.5, 0.6) is 11.5 Å². The molecule has 2 aliphatic heterocycles. The molecule has 0 saturated carbocycles. The summed E-state index contributed by atoms with van der Waals surface area (Å²) in [5.41, 5.74) is 2.87. The summed E-state index contributed by atoms with van der Waals surface area (Å²) in [4.78, 5) is 10.6. The van der Waals surface area contributed by atoms with Gasteiger partial charge in [0.25, 0.3) is 0 Å². The average Bonchev–Trinajstić information content (AvgIpc) is 3.05. The van der Waals surface area contributed by atoms with E-state index < -0.39 is 5.97 Å². The SMILES string of the molecule is O=C(O)COc1ccc2c(c1)OCC1CN(c3ccc(Cl)cc3)N=C21. The summed E-state index contributed by atoms with van der Waals surface area (Å²) in [7, 11) is 0. The van der Waals surface area contributed by atoms with Crippen LogP contribution in [0.15, 0.2) is 47.6 Å². The fraction of sp³-hybridized carbons (Fsp3) is 0.222. The summed E-state index contributed by atoms with van der Waals surface area (Å²) in [6.07, 6.45) is 0. The van der Waals surface area contributed by atoms with Gasteiger partial charge in [0.15, 0.2) is 6.61 Å². The highest BCUT2D eigenvalue weighted by Gasteiger charge is 2.34. The molecular weight excluding hydrogens is 344 g/mol. The van der Waals surface area contributed by atoms with Crippen LogP contribution in [-0.2, 0) is 4.79 Å². The van der Waals surface area contributed by atoms with Gasteiger partial charge in [-0.25, -0.2) is 4.79 Å². The van der Waals surface area contributed by atoms with Crippen LogP contribution in [0.3, 0.4) is 0 Å². The quantitative estimate of drug-likeness (QED) is 0.909. The number of halogens is 1. The van der Waals surface area contributed by atoms with Crippen molar-refractivity contribution >= 4 is 29.0 Å². The monoisotopic (exact) mass is 358 g/mol. The standard InChI is InChI=1S/C18H15ClN2O4/c19-12-1-3-13(4-2-12)21-8-11-9-25-16-7-14(24-10-17(22)23)5-6-15(16)18(11)20-21/h1-7,11H,8-10H2,(H,22,23). The van der Waals surface area contributed by atoms with E-state index in [0.29, 0.717) is 23.1 Å². The number of fused-ring (bicyclic) bond motifs is 3. The molecule has 2 heterocycles. The van der Waals surface area contributed by atoms with Crippen molar-refractivity contribution < 1.29 is 19.4 Å². The normalized spacial score (nSPS) is 18.0. The first-order chi connectivity index (χ1) is 12.1. The van der Waals surface area contributed by atoms with Gasteiger partial charge >= 0.3 is 5.97 Å². The van der Waals surface area contributed by atoms with Crippen LogP contribution in [0.1, 0.15) is 5.56 Å². The van der Waals surface area contributed by atoms with Crippen LogP contribution in [0, 0.1) is 5.92 Å². The molecule has 128 valence electrons. The average molecular weight is 359 g/mol. The molecular formula is C18H15ClN2O4. The summed E-state index contributed by atoms with van der Waals surface area (Å²) in [5.74, 6) is 0.301. The predicted octanol–water partition coefficient (Wildman–Crippen LogP) is 3.04. The molecule has 2 aromatic rings. The third-order valence-electron chi connectivity index (χ3n) is 4.16. The number of carboxylic acid groups (broad SMARTS) is 1. The van der Waals surface area contributed by atoms with Crippen molar-refractivity contribution in [3.05, 3.63) is 53.1 Å². The largest absolute Gasteiger partial charge is 0.492 e. The van der Waals surface area contributed by atoms with E-state index in [1.54, 1.807) is 12.1 Å². The Morgan fingerprint density at radius 1 is 1.32 bits per heavy atom. The maximum absolute atomic E-state index is 10.6. The number of benzene rings is 2. The smallest absolute Gasteiger partial charge is 0.341 e. The summed E-state index contributed by atoms with van der Waals surface area (Å²) < 4.78 is 11.0. The summed E-state index contributed by atoms with van der Waals surface area (Å²) >= 11 is 5.94. The Kier molecular flexibility index (Phi) is 3.97. The fourth-order valence-electron chi connectivity index (χ4n) is 2.99. The molecule has 25 heavy (non-hydrogen) atoms. The zero-order valence-electron chi connectivity index (χ0n) is 13.2. The molecule has 2 aromatic carbocycles. The molecule has 7 heteroatoms. The lowest BCUT2D eigenvalue weighted by Crippen LogP contribution is -2.29. The Balaban J connectivity index is 1.60. The topological polar surface area (TPSA) is 71.4 Å². The number of hydrogen-bond acceptors (Lipinski definition) is 5. The van der Waals surface area contributed by atoms with Gasteiger partial charge in [0.2, 0.25) is 0 Å². The van der Waals surface area contributed by atoms with E-state index in [-0.39, 0.29) is 12.5 Å². The van der Waals surface area contributed by atoms with Crippen molar-refractivity contribution in [1.82, 2.24) is 0 Å². The third-order valence-corrected chi connectivity index (χ3v) is 4.42. The van der Waals surface area contributed by atoms with Crippen LogP contribution < -0.4 is 14.5 Å². The number of nitrogens with zero attached hydrogens (tertiary/aromatic N) is 2. The Morgan fingerprint density at radius 2 is 2.12 bits per heavy atom. The minimum atomic E-state index is -1.02. The van der Waals surface area contributed by atoms with E-state index in [0.717, 1.165) is 23.5 Å². The fourth-order valence-corrected chi connectivity index (χ4v) is 3.11. The molecule has 2 aliphatic rings. The van der Waals surface area contributed by atoms with E-state index in [1.807, 2.05) is 35.3 Å². The van der Waals surface area contributed by atoms with Crippen molar-refractivity contribution in [2.45, 2.75) is 0 Å². The molecule has 0 fully saturated rings. The lowest BCUT2D eigenvalue weighted by atomic mass is 9.95. The molecule has 1 atom stereocenters. The van der Waals surface area contributed by atoms with Crippen molar-refractivity contribution in [2.75, 3.05) is 24.8 Å². The van der Waals surface area contributed by atoms with Crippen LogP contribution in [-0.4, -0.2) is 36.5 Å². The zero-order chi connectivity index (χ0) is 17.4. The second-order valence-electron chi connectivity index (χ2n) is 5.89. The molecule has 0 radical (unpaired) electrons. The molecule has 1 unspecified atom stereocenters. The van der Waals surface area contributed by atoms with Gasteiger partial charge in [-0.15, -0.1) is 0 Å². The predicted molar refractivity (Wildman–Crippen MR) is 93.9 cm³/mol. The van der Waals surface area contributed by atoms with Crippen molar-refractivity contribution in [3.63, 3.8) is 0 Å². The van der Waals surface area contributed by atoms with Gasteiger partial charge in [0.1, 0.15) is 11.5 Å². The number of hydrogen-bond donors (Lipinski definition) is 1. The number of carbonyl (C=O) groups is 1. The summed E-state index contributed by atoms with van der Waals surface area (Å²) in [6.45, 7) is 0.888. The number of carboxylic acids is 1. The molecule has 0 aromatic heterocycles. The molecule has 6 nitrogen and oxygen atoms in total. The van der Waals surface area contributed by atoms with Gasteiger partial charge in [-0.3, -0.25) is 5.01 Å². The lowest BCUT2D eigenvalue weighted by Gasteiger charge is -2.23. The Bertz CT molecular complexity index is 851. The minimum absolute atomic E-state index is 0.189. The molecule has 0 spiro atoms. The summed E-state index contributed by atoms with van der Waals surface area (Å²) in [5, 5.41) is 16.1. The molecule has 4 rings (SSSR count). The highest BCUT2D eigenvalue weighted by atomic mass is 35.5. The van der Waals surface area contributed by atoms with E-state index >= 15 is 0 Å². The Morgan fingerprint density at radius 3 is 2.88 bits per heavy atom. The van der Waals surface area contributed by atoms with E-state index in [2.05, 4.69) is 0 Å². The maximum atomic E-state index is 10.6. The third kappa shape index (κ3) is 3.13. The minimum Gasteiger partial charge on any atom is -0.492 e. The number of aliphatic carboxylic acids is 1. The van der Waals surface area contributed by atoms with Crippen LogP contribution in [0.25, 0.3) is 0 Å². The van der Waals surface area contributed by atoms with Gasteiger partial charge in [-0.1, -0.05) is 11.6 Å². The van der Waals surface area contributed by atoms with Gasteiger partial charge in [-0.05, 0) is 36.4 Å². The van der Waals surface area contributed by atoms with Crippen molar-refractivity contribution in [3.8, 4) is 11.5 Å². The van der Waals surface area contributed by atoms with Crippen LogP contribution in [0.4, 0.5) is 5.69 Å². The Hall–Kier alpha value is -2.73. The van der Waals surface area contributed by atoms with E-state index in [1.165, 1.54) is 0 Å². The molecule has 0 aliphatic carbocycles. The Labute approximate surface area is 149 Å². The first kappa shape index (κ1) is 15.8. The van der Waals surface area contributed by atoms with Crippen molar-refractivity contribution in [2.24, 2.45) is 11.0 Å².